The van der Waals surface area contributed by atoms with Gasteiger partial charge in [0.1, 0.15) is 18.0 Å². The molecule has 0 radical (unpaired) electrons. The van der Waals surface area contributed by atoms with Crippen molar-refractivity contribution in [3.05, 3.63) is 53.7 Å². The predicted molar refractivity (Wildman–Crippen MR) is 120 cm³/mol. The molecule has 0 aliphatic carbocycles. The van der Waals surface area contributed by atoms with Crippen molar-refractivity contribution >= 4 is 22.6 Å². The number of rotatable bonds is 7. The molecule has 1 aromatic heterocycles. The molecular formula is C24H26N2O6. The largest absolute Gasteiger partial charge is 0.505 e. The number of carboxylic acids is 1. The molecule has 0 saturated carbocycles. The van der Waals surface area contributed by atoms with Crippen LogP contribution in [0.25, 0.3) is 10.8 Å². The molecule has 3 aromatic rings. The van der Waals surface area contributed by atoms with Gasteiger partial charge in [-0.3, -0.25) is 9.59 Å². The van der Waals surface area contributed by atoms with Crippen LogP contribution in [0.2, 0.25) is 0 Å². The average molecular weight is 438 g/mol. The number of fused-ring (bicyclic) bond motifs is 1. The Kier molecular flexibility index (Phi) is 6.53. The highest BCUT2D eigenvalue weighted by molar-refractivity contribution is 6.04. The first-order chi connectivity index (χ1) is 15.1. The van der Waals surface area contributed by atoms with Crippen LogP contribution in [0.15, 0.2) is 42.5 Å². The van der Waals surface area contributed by atoms with Crippen molar-refractivity contribution in [2.24, 2.45) is 0 Å². The molecule has 0 aliphatic heterocycles. The fourth-order valence-corrected chi connectivity index (χ4v) is 3.12. The summed E-state index contributed by atoms with van der Waals surface area (Å²) in [7, 11) is 0. The number of aliphatic carboxylic acids is 1. The van der Waals surface area contributed by atoms with Gasteiger partial charge in [-0.15, -0.1) is 0 Å². The van der Waals surface area contributed by atoms with Gasteiger partial charge in [-0.2, -0.15) is 0 Å². The van der Waals surface area contributed by atoms with Crippen LogP contribution in [0.1, 0.15) is 43.7 Å². The number of hydrogen-bond acceptors (Lipinski definition) is 6. The fourth-order valence-electron chi connectivity index (χ4n) is 3.12. The number of pyridine rings is 1. The van der Waals surface area contributed by atoms with Gasteiger partial charge in [-0.25, -0.2) is 4.98 Å². The number of ether oxygens (including phenoxy) is 2. The maximum atomic E-state index is 12.3. The fraction of sp³-hybridized carbons (Fsp3) is 0.292. The number of benzene rings is 2. The van der Waals surface area contributed by atoms with Gasteiger partial charge in [0.15, 0.2) is 11.4 Å². The molecule has 0 fully saturated rings. The van der Waals surface area contributed by atoms with Crippen LogP contribution in [0, 0.1) is 0 Å². The number of nitrogens with zero attached hydrogens (tertiary/aromatic N) is 1. The van der Waals surface area contributed by atoms with E-state index in [0.717, 1.165) is 5.56 Å². The summed E-state index contributed by atoms with van der Waals surface area (Å²) < 4.78 is 11.6. The second-order valence-electron chi connectivity index (χ2n) is 8.21. The SMILES string of the molecule is CCOc1nc(C(=O)NCC(=O)O)c(O)c2ccc(Oc3cccc(C(C)(C)C)c3)cc12. The lowest BCUT2D eigenvalue weighted by atomic mass is 9.87. The van der Waals surface area contributed by atoms with Crippen molar-refractivity contribution in [2.75, 3.05) is 13.2 Å². The Morgan fingerprint density at radius 2 is 1.78 bits per heavy atom. The second-order valence-corrected chi connectivity index (χ2v) is 8.21. The van der Waals surface area contributed by atoms with E-state index in [1.807, 2.05) is 24.3 Å². The van der Waals surface area contributed by atoms with Gasteiger partial charge < -0.3 is 25.0 Å². The summed E-state index contributed by atoms with van der Waals surface area (Å²) in [5, 5.41) is 22.4. The minimum atomic E-state index is -1.21. The molecule has 8 heteroatoms. The molecule has 0 unspecified atom stereocenters. The van der Waals surface area contributed by atoms with Crippen molar-refractivity contribution in [3.63, 3.8) is 0 Å². The third-order valence-corrected chi connectivity index (χ3v) is 4.75. The van der Waals surface area contributed by atoms with Crippen LogP contribution in [-0.4, -0.2) is 40.2 Å². The minimum Gasteiger partial charge on any atom is -0.505 e. The Morgan fingerprint density at radius 1 is 1.06 bits per heavy atom. The van der Waals surface area contributed by atoms with E-state index < -0.39 is 18.4 Å². The molecule has 8 nitrogen and oxygen atoms in total. The van der Waals surface area contributed by atoms with Gasteiger partial charge in [0.05, 0.1) is 12.0 Å². The molecule has 0 spiro atoms. The van der Waals surface area contributed by atoms with Crippen molar-refractivity contribution in [3.8, 4) is 23.1 Å². The molecular weight excluding hydrogens is 412 g/mol. The highest BCUT2D eigenvalue weighted by Crippen LogP contribution is 2.37. The standard InChI is InChI=1S/C24H26N2O6/c1-5-31-23-18-12-16(32-15-8-6-7-14(11-15)24(2,3)4)9-10-17(18)21(29)20(26-23)22(30)25-13-19(27)28/h6-12,29H,5,13H2,1-4H3,(H,25,30)(H,27,28). The van der Waals surface area contributed by atoms with Crippen molar-refractivity contribution in [1.29, 1.82) is 0 Å². The predicted octanol–water partition coefficient (Wildman–Crippen LogP) is 4.24. The Labute approximate surface area is 185 Å². The van der Waals surface area contributed by atoms with Gasteiger partial charge in [0, 0.05) is 5.39 Å². The van der Waals surface area contributed by atoms with Gasteiger partial charge in [0.25, 0.3) is 5.91 Å². The zero-order chi connectivity index (χ0) is 23.5. The highest BCUT2D eigenvalue weighted by Gasteiger charge is 2.21. The maximum absolute atomic E-state index is 12.3. The Bertz CT molecular complexity index is 1170. The third kappa shape index (κ3) is 5.08. The van der Waals surface area contributed by atoms with Gasteiger partial charge >= 0.3 is 5.97 Å². The van der Waals surface area contributed by atoms with E-state index in [2.05, 4.69) is 31.1 Å². The van der Waals surface area contributed by atoms with Crippen LogP contribution < -0.4 is 14.8 Å². The Morgan fingerprint density at radius 3 is 2.44 bits per heavy atom. The molecule has 3 rings (SSSR count). The topological polar surface area (TPSA) is 118 Å². The third-order valence-electron chi connectivity index (χ3n) is 4.75. The van der Waals surface area contributed by atoms with Crippen molar-refractivity contribution in [1.82, 2.24) is 10.3 Å². The number of carbonyl (C=O) groups is 2. The van der Waals surface area contributed by atoms with Gasteiger partial charge in [-0.05, 0) is 48.2 Å². The molecule has 1 heterocycles. The number of nitrogens with one attached hydrogen (secondary N) is 1. The normalized spacial score (nSPS) is 11.2. The van der Waals surface area contributed by atoms with E-state index in [1.165, 1.54) is 0 Å². The van der Waals surface area contributed by atoms with E-state index in [1.54, 1.807) is 25.1 Å². The number of aromatic nitrogens is 1. The van der Waals surface area contributed by atoms with Crippen LogP contribution >= 0.6 is 0 Å². The van der Waals surface area contributed by atoms with E-state index in [9.17, 15) is 14.7 Å². The first kappa shape index (κ1) is 22.9. The van der Waals surface area contributed by atoms with Gasteiger partial charge in [-0.1, -0.05) is 32.9 Å². The van der Waals surface area contributed by atoms with Crippen LogP contribution in [0.4, 0.5) is 0 Å². The summed E-state index contributed by atoms with van der Waals surface area (Å²) in [6.07, 6.45) is 0. The zero-order valence-electron chi connectivity index (χ0n) is 18.4. The van der Waals surface area contributed by atoms with E-state index in [4.69, 9.17) is 14.6 Å². The summed E-state index contributed by atoms with van der Waals surface area (Å²) in [5.41, 5.74) is 0.786. The summed E-state index contributed by atoms with van der Waals surface area (Å²) in [5.74, 6) is -1.08. The number of carbonyl (C=O) groups excluding carboxylic acids is 1. The number of amides is 1. The lowest BCUT2D eigenvalue weighted by Crippen LogP contribution is -2.30. The van der Waals surface area contributed by atoms with Crippen molar-refractivity contribution < 1.29 is 29.3 Å². The monoisotopic (exact) mass is 438 g/mol. The smallest absolute Gasteiger partial charge is 0.322 e. The number of hydrogen-bond donors (Lipinski definition) is 3. The van der Waals surface area contributed by atoms with E-state index in [0.29, 0.717) is 22.3 Å². The Hall–Kier alpha value is -3.81. The Balaban J connectivity index is 2.01. The molecule has 2 aromatic carbocycles. The quantitative estimate of drug-likeness (QED) is 0.505. The summed E-state index contributed by atoms with van der Waals surface area (Å²) in [4.78, 5) is 27.2. The van der Waals surface area contributed by atoms with Crippen LogP contribution in [0.5, 0.6) is 23.1 Å². The van der Waals surface area contributed by atoms with E-state index >= 15 is 0 Å². The second kappa shape index (κ2) is 9.13. The molecule has 0 atom stereocenters. The van der Waals surface area contributed by atoms with E-state index in [-0.39, 0.29) is 29.3 Å². The lowest BCUT2D eigenvalue weighted by molar-refractivity contribution is -0.135. The first-order valence-electron chi connectivity index (χ1n) is 10.2. The van der Waals surface area contributed by atoms with Crippen molar-refractivity contribution in [2.45, 2.75) is 33.1 Å². The molecule has 1 amide bonds. The molecule has 168 valence electrons. The number of carboxylic acid groups (broad SMARTS) is 1. The van der Waals surface area contributed by atoms with Crippen LogP contribution in [-0.2, 0) is 10.2 Å². The zero-order valence-corrected chi connectivity index (χ0v) is 18.4. The maximum Gasteiger partial charge on any atom is 0.322 e. The lowest BCUT2D eigenvalue weighted by Gasteiger charge is -2.20. The number of aromatic hydroxyl groups is 1. The average Bonchev–Trinajstić information content (AvgIpc) is 2.73. The first-order valence-corrected chi connectivity index (χ1v) is 10.2. The molecule has 0 bridgehead atoms. The summed E-state index contributed by atoms with van der Waals surface area (Å²) in [6.45, 7) is 7.81. The minimum absolute atomic E-state index is 0.0296. The van der Waals surface area contributed by atoms with Crippen LogP contribution in [0.3, 0.4) is 0 Å². The molecule has 0 aliphatic rings. The molecule has 3 N–H and O–H groups in total. The van der Waals surface area contributed by atoms with Gasteiger partial charge in [0.2, 0.25) is 5.88 Å². The molecule has 0 saturated heterocycles. The molecule has 32 heavy (non-hydrogen) atoms. The summed E-state index contributed by atoms with van der Waals surface area (Å²) >= 11 is 0. The highest BCUT2D eigenvalue weighted by atomic mass is 16.5. The summed E-state index contributed by atoms with van der Waals surface area (Å²) in [6, 6.07) is 12.7.